The minimum Gasteiger partial charge on any atom is -0.385 e. The first kappa shape index (κ1) is 11.5. The molecule has 0 aliphatic heterocycles. The quantitative estimate of drug-likeness (QED) is 0.864. The molecular formula is C17H18O. The van der Waals surface area contributed by atoms with Gasteiger partial charge in [-0.2, -0.15) is 0 Å². The highest BCUT2D eigenvalue weighted by Crippen LogP contribution is 2.56. The van der Waals surface area contributed by atoms with Crippen LogP contribution in [0.2, 0.25) is 0 Å². The summed E-state index contributed by atoms with van der Waals surface area (Å²) in [6, 6.07) is 20.5. The second-order valence-electron chi connectivity index (χ2n) is 5.37. The van der Waals surface area contributed by atoms with Gasteiger partial charge in [-0.05, 0) is 36.3 Å². The van der Waals surface area contributed by atoms with E-state index in [9.17, 15) is 5.11 Å². The molecule has 92 valence electrons. The van der Waals surface area contributed by atoms with Gasteiger partial charge in [0.2, 0.25) is 0 Å². The fourth-order valence-corrected chi connectivity index (χ4v) is 2.87. The maximum Gasteiger partial charge on any atom is 0.0902 e. The van der Waals surface area contributed by atoms with Crippen molar-refractivity contribution in [3.63, 3.8) is 0 Å². The third-order valence-corrected chi connectivity index (χ3v) is 4.10. The van der Waals surface area contributed by atoms with Gasteiger partial charge in [0.05, 0.1) is 5.60 Å². The van der Waals surface area contributed by atoms with Gasteiger partial charge < -0.3 is 5.11 Å². The summed E-state index contributed by atoms with van der Waals surface area (Å²) in [6.45, 7) is 1.94. The summed E-state index contributed by atoms with van der Waals surface area (Å²) in [5.41, 5.74) is 1.65. The normalized spacial score (nSPS) is 25.4. The molecule has 1 N–H and O–H groups in total. The predicted molar refractivity (Wildman–Crippen MR) is 73.3 cm³/mol. The number of hydrogen-bond acceptors (Lipinski definition) is 1. The van der Waals surface area contributed by atoms with Crippen molar-refractivity contribution in [2.24, 2.45) is 5.92 Å². The molecule has 1 saturated carbocycles. The average Bonchev–Trinajstić information content (AvgIpc) is 3.22. The minimum atomic E-state index is -0.720. The molecule has 0 amide bonds. The van der Waals surface area contributed by atoms with Crippen molar-refractivity contribution in [3.05, 3.63) is 71.8 Å². The molecule has 1 nitrogen and oxygen atoms in total. The minimum absolute atomic E-state index is 0.335. The summed E-state index contributed by atoms with van der Waals surface area (Å²) in [5.74, 6) is 0.837. The largest absolute Gasteiger partial charge is 0.385 e. The van der Waals surface area contributed by atoms with Crippen LogP contribution in [0, 0.1) is 5.92 Å². The van der Waals surface area contributed by atoms with Gasteiger partial charge in [-0.15, -0.1) is 0 Å². The fraction of sp³-hybridized carbons (Fsp3) is 0.294. The number of benzene rings is 2. The summed E-state index contributed by atoms with van der Waals surface area (Å²) in [4.78, 5) is 0. The Morgan fingerprint density at radius 1 is 0.944 bits per heavy atom. The van der Waals surface area contributed by atoms with Crippen molar-refractivity contribution >= 4 is 0 Å². The third kappa shape index (κ3) is 1.95. The van der Waals surface area contributed by atoms with E-state index in [1.54, 1.807) is 0 Å². The molecule has 2 aromatic carbocycles. The van der Waals surface area contributed by atoms with E-state index in [1.165, 1.54) is 5.56 Å². The molecule has 1 heteroatoms. The fourth-order valence-electron chi connectivity index (χ4n) is 2.87. The van der Waals surface area contributed by atoms with E-state index in [1.807, 2.05) is 43.3 Å². The lowest BCUT2D eigenvalue weighted by molar-refractivity contribution is 0.0309. The van der Waals surface area contributed by atoms with Crippen LogP contribution < -0.4 is 0 Å². The molecule has 0 saturated heterocycles. The second-order valence-corrected chi connectivity index (χ2v) is 5.37. The third-order valence-electron chi connectivity index (χ3n) is 4.10. The van der Waals surface area contributed by atoms with E-state index in [4.69, 9.17) is 0 Å². The van der Waals surface area contributed by atoms with Gasteiger partial charge in [0.25, 0.3) is 0 Å². The summed E-state index contributed by atoms with van der Waals surface area (Å²) in [5, 5.41) is 10.8. The van der Waals surface area contributed by atoms with Crippen molar-refractivity contribution in [2.45, 2.75) is 24.9 Å². The molecular weight excluding hydrogens is 220 g/mol. The lowest BCUT2D eigenvalue weighted by atomic mass is 9.89. The highest BCUT2D eigenvalue weighted by molar-refractivity contribution is 5.32. The van der Waals surface area contributed by atoms with Crippen LogP contribution in [0.25, 0.3) is 0 Å². The first-order chi connectivity index (χ1) is 8.69. The predicted octanol–water partition coefficient (Wildman–Crippen LogP) is 3.70. The molecule has 1 aliphatic carbocycles. The molecule has 18 heavy (non-hydrogen) atoms. The smallest absolute Gasteiger partial charge is 0.0902 e. The molecule has 0 aromatic heterocycles. The van der Waals surface area contributed by atoms with Gasteiger partial charge in [0.1, 0.15) is 0 Å². The zero-order valence-electron chi connectivity index (χ0n) is 10.6. The van der Waals surface area contributed by atoms with Crippen molar-refractivity contribution in [1.29, 1.82) is 0 Å². The van der Waals surface area contributed by atoms with E-state index in [0.29, 0.717) is 11.8 Å². The van der Waals surface area contributed by atoms with E-state index < -0.39 is 5.60 Å². The van der Waals surface area contributed by atoms with Crippen LogP contribution in [0.1, 0.15) is 30.4 Å². The van der Waals surface area contributed by atoms with E-state index in [2.05, 4.69) is 24.3 Å². The second kappa shape index (κ2) is 4.25. The van der Waals surface area contributed by atoms with Crippen LogP contribution in [0.15, 0.2) is 60.7 Å². The number of rotatable bonds is 3. The number of hydrogen-bond donors (Lipinski definition) is 1. The zero-order valence-corrected chi connectivity index (χ0v) is 10.6. The Labute approximate surface area is 108 Å². The van der Waals surface area contributed by atoms with Gasteiger partial charge >= 0.3 is 0 Å². The summed E-state index contributed by atoms with van der Waals surface area (Å²) >= 11 is 0. The van der Waals surface area contributed by atoms with Crippen LogP contribution in [-0.2, 0) is 5.60 Å². The molecule has 2 aromatic rings. The summed E-state index contributed by atoms with van der Waals surface area (Å²) < 4.78 is 0. The molecule has 1 fully saturated rings. The van der Waals surface area contributed by atoms with Gasteiger partial charge in [-0.1, -0.05) is 60.7 Å². The van der Waals surface area contributed by atoms with Gasteiger partial charge in [-0.3, -0.25) is 0 Å². The zero-order chi connectivity index (χ0) is 12.6. The van der Waals surface area contributed by atoms with Crippen LogP contribution >= 0.6 is 0 Å². The molecule has 0 heterocycles. The van der Waals surface area contributed by atoms with E-state index >= 15 is 0 Å². The first-order valence-corrected chi connectivity index (χ1v) is 6.52. The number of aliphatic hydroxyl groups is 1. The maximum absolute atomic E-state index is 10.8. The molecule has 3 rings (SSSR count). The average molecular weight is 238 g/mol. The van der Waals surface area contributed by atoms with Gasteiger partial charge in [0, 0.05) is 0 Å². The molecule has 0 spiro atoms. The topological polar surface area (TPSA) is 20.2 Å². The van der Waals surface area contributed by atoms with Gasteiger partial charge in [-0.25, -0.2) is 0 Å². The van der Waals surface area contributed by atoms with Crippen molar-refractivity contribution in [3.8, 4) is 0 Å². The summed E-state index contributed by atoms with van der Waals surface area (Å²) in [7, 11) is 0. The van der Waals surface area contributed by atoms with Crippen molar-refractivity contribution in [1.82, 2.24) is 0 Å². The Kier molecular flexibility index (Phi) is 2.71. The molecule has 1 aliphatic rings. The van der Waals surface area contributed by atoms with E-state index in [0.717, 1.165) is 12.0 Å². The molecule has 0 radical (unpaired) electrons. The first-order valence-electron chi connectivity index (χ1n) is 6.52. The Morgan fingerprint density at radius 3 is 2.11 bits per heavy atom. The Balaban J connectivity index is 1.82. The molecule has 3 atom stereocenters. The van der Waals surface area contributed by atoms with Gasteiger partial charge in [0.15, 0.2) is 0 Å². The van der Waals surface area contributed by atoms with Crippen molar-refractivity contribution in [2.75, 3.05) is 0 Å². The highest BCUT2D eigenvalue weighted by atomic mass is 16.3. The standard InChI is InChI=1S/C17H18O/c1-17(18,14-10-6-3-7-11-14)16-12-15(16)13-8-4-2-5-9-13/h2-11,15-16,18H,12H2,1H3/t15-,16+,17-/m1/s1. The van der Waals surface area contributed by atoms with Crippen LogP contribution in [0.3, 0.4) is 0 Å². The van der Waals surface area contributed by atoms with Crippen LogP contribution in [-0.4, -0.2) is 5.11 Å². The Morgan fingerprint density at radius 2 is 1.50 bits per heavy atom. The molecule has 0 bridgehead atoms. The Hall–Kier alpha value is -1.60. The maximum atomic E-state index is 10.8. The van der Waals surface area contributed by atoms with Crippen molar-refractivity contribution < 1.29 is 5.11 Å². The lowest BCUT2D eigenvalue weighted by Gasteiger charge is -2.24. The van der Waals surface area contributed by atoms with Crippen LogP contribution in [0.5, 0.6) is 0 Å². The SMILES string of the molecule is C[C@@](O)(c1ccccc1)[C@H]1C[C@@H]1c1ccccc1. The Bertz CT molecular complexity index is 516. The highest BCUT2D eigenvalue weighted by Gasteiger charge is 2.50. The van der Waals surface area contributed by atoms with E-state index in [-0.39, 0.29) is 0 Å². The monoisotopic (exact) mass is 238 g/mol. The molecule has 0 unspecified atom stereocenters. The summed E-state index contributed by atoms with van der Waals surface area (Å²) in [6.07, 6.45) is 1.08. The van der Waals surface area contributed by atoms with Crippen LogP contribution in [0.4, 0.5) is 0 Å². The lowest BCUT2D eigenvalue weighted by Crippen LogP contribution is -2.24.